The van der Waals surface area contributed by atoms with Gasteiger partial charge in [0.15, 0.2) is 0 Å². The van der Waals surface area contributed by atoms with Crippen LogP contribution in [0.2, 0.25) is 0 Å². The SMILES string of the molecule is COc1ccc(CN(CC2CCCO2)C(=O)Nc2ccc3[nH]ncc3c2)cc1. The number of anilines is 1. The Hall–Kier alpha value is -3.06. The summed E-state index contributed by atoms with van der Waals surface area (Å²) in [7, 11) is 1.64. The Morgan fingerprint density at radius 2 is 2.18 bits per heavy atom. The Labute approximate surface area is 163 Å². The number of hydrogen-bond acceptors (Lipinski definition) is 4. The number of nitrogens with one attached hydrogen (secondary N) is 2. The molecule has 1 aliphatic rings. The predicted molar refractivity (Wildman–Crippen MR) is 107 cm³/mol. The van der Waals surface area contributed by atoms with Gasteiger partial charge in [-0.05, 0) is 48.7 Å². The minimum Gasteiger partial charge on any atom is -0.497 e. The van der Waals surface area contributed by atoms with Gasteiger partial charge in [0.25, 0.3) is 0 Å². The molecule has 7 nitrogen and oxygen atoms in total. The molecule has 1 atom stereocenters. The van der Waals surface area contributed by atoms with Gasteiger partial charge >= 0.3 is 6.03 Å². The van der Waals surface area contributed by atoms with Crippen molar-refractivity contribution in [2.45, 2.75) is 25.5 Å². The molecule has 2 aromatic carbocycles. The molecule has 1 fully saturated rings. The highest BCUT2D eigenvalue weighted by molar-refractivity contribution is 5.92. The number of aromatic amines is 1. The molecule has 7 heteroatoms. The third-order valence-corrected chi connectivity index (χ3v) is 4.96. The first-order valence-electron chi connectivity index (χ1n) is 9.45. The molecular formula is C21H24N4O3. The van der Waals surface area contributed by atoms with Crippen LogP contribution in [0.15, 0.2) is 48.7 Å². The van der Waals surface area contributed by atoms with Gasteiger partial charge in [-0.3, -0.25) is 5.10 Å². The van der Waals surface area contributed by atoms with E-state index in [1.807, 2.05) is 42.5 Å². The molecule has 0 radical (unpaired) electrons. The summed E-state index contributed by atoms with van der Waals surface area (Å²) in [6.07, 6.45) is 3.85. The van der Waals surface area contributed by atoms with Gasteiger partial charge in [0.05, 0.1) is 24.9 Å². The molecular weight excluding hydrogens is 356 g/mol. The van der Waals surface area contributed by atoms with Crippen LogP contribution in [0, 0.1) is 0 Å². The molecule has 146 valence electrons. The Bertz CT molecular complexity index is 932. The molecule has 2 N–H and O–H groups in total. The number of hydrogen-bond donors (Lipinski definition) is 2. The molecule has 0 spiro atoms. The first kappa shape index (κ1) is 18.3. The molecule has 0 aliphatic carbocycles. The molecule has 4 rings (SSSR count). The summed E-state index contributed by atoms with van der Waals surface area (Å²) in [6.45, 7) is 1.83. The first-order valence-corrected chi connectivity index (χ1v) is 9.45. The third kappa shape index (κ3) is 4.26. The van der Waals surface area contributed by atoms with Crippen LogP contribution in [0.25, 0.3) is 10.9 Å². The highest BCUT2D eigenvalue weighted by atomic mass is 16.5. The van der Waals surface area contributed by atoms with Gasteiger partial charge in [0.1, 0.15) is 5.75 Å². The molecule has 28 heavy (non-hydrogen) atoms. The van der Waals surface area contributed by atoms with Gasteiger partial charge in [-0.1, -0.05) is 12.1 Å². The highest BCUT2D eigenvalue weighted by Gasteiger charge is 2.23. The third-order valence-electron chi connectivity index (χ3n) is 4.96. The number of carbonyl (C=O) groups excluding carboxylic acids is 1. The van der Waals surface area contributed by atoms with Crippen LogP contribution < -0.4 is 10.1 Å². The number of nitrogens with zero attached hydrogens (tertiary/aromatic N) is 2. The van der Waals surface area contributed by atoms with Crippen LogP contribution in [0.5, 0.6) is 5.75 Å². The average molecular weight is 380 g/mol. The van der Waals surface area contributed by atoms with E-state index >= 15 is 0 Å². The van der Waals surface area contributed by atoms with E-state index in [-0.39, 0.29) is 12.1 Å². The lowest BCUT2D eigenvalue weighted by Gasteiger charge is -2.26. The van der Waals surface area contributed by atoms with E-state index in [1.54, 1.807) is 18.2 Å². The average Bonchev–Trinajstić information content (AvgIpc) is 3.39. The zero-order chi connectivity index (χ0) is 19.3. The number of benzene rings is 2. The van der Waals surface area contributed by atoms with E-state index in [1.165, 1.54) is 0 Å². The zero-order valence-corrected chi connectivity index (χ0v) is 15.9. The van der Waals surface area contributed by atoms with Crippen molar-refractivity contribution in [2.24, 2.45) is 0 Å². The van der Waals surface area contributed by atoms with E-state index in [4.69, 9.17) is 9.47 Å². The molecule has 1 unspecified atom stereocenters. The Morgan fingerprint density at radius 3 is 2.93 bits per heavy atom. The topological polar surface area (TPSA) is 79.5 Å². The number of rotatable bonds is 6. The summed E-state index contributed by atoms with van der Waals surface area (Å²) in [5, 5.41) is 10.9. The van der Waals surface area contributed by atoms with Crippen molar-refractivity contribution in [3.05, 3.63) is 54.2 Å². The van der Waals surface area contributed by atoms with Crippen molar-refractivity contribution in [1.29, 1.82) is 0 Å². The highest BCUT2D eigenvalue weighted by Crippen LogP contribution is 2.20. The predicted octanol–water partition coefficient (Wildman–Crippen LogP) is 3.78. The zero-order valence-electron chi connectivity index (χ0n) is 15.9. The summed E-state index contributed by atoms with van der Waals surface area (Å²) < 4.78 is 11.0. The van der Waals surface area contributed by atoms with Crippen molar-refractivity contribution in [2.75, 3.05) is 25.6 Å². The Balaban J connectivity index is 1.49. The van der Waals surface area contributed by atoms with Crippen LogP contribution in [0.1, 0.15) is 18.4 Å². The molecule has 0 saturated carbocycles. The number of fused-ring (bicyclic) bond motifs is 1. The summed E-state index contributed by atoms with van der Waals surface area (Å²) in [5.41, 5.74) is 2.72. The Morgan fingerprint density at radius 1 is 1.32 bits per heavy atom. The second kappa shape index (κ2) is 8.31. The van der Waals surface area contributed by atoms with Gasteiger partial charge in [0, 0.05) is 30.8 Å². The lowest BCUT2D eigenvalue weighted by Crippen LogP contribution is -2.39. The van der Waals surface area contributed by atoms with Gasteiger partial charge in [-0.2, -0.15) is 5.10 Å². The molecule has 1 saturated heterocycles. The normalized spacial score (nSPS) is 16.2. The van der Waals surface area contributed by atoms with Crippen LogP contribution >= 0.6 is 0 Å². The number of aromatic nitrogens is 2. The van der Waals surface area contributed by atoms with Crippen molar-refractivity contribution < 1.29 is 14.3 Å². The van der Waals surface area contributed by atoms with Gasteiger partial charge in [-0.25, -0.2) is 4.79 Å². The van der Waals surface area contributed by atoms with Gasteiger partial charge in [0.2, 0.25) is 0 Å². The molecule has 0 bridgehead atoms. The second-order valence-electron chi connectivity index (χ2n) is 6.97. The van der Waals surface area contributed by atoms with E-state index in [2.05, 4.69) is 15.5 Å². The van der Waals surface area contributed by atoms with E-state index in [0.29, 0.717) is 13.1 Å². The quantitative estimate of drug-likeness (QED) is 0.682. The number of ether oxygens (including phenoxy) is 2. The molecule has 3 aromatic rings. The first-order chi connectivity index (χ1) is 13.7. The monoisotopic (exact) mass is 380 g/mol. The number of carbonyl (C=O) groups is 1. The molecule has 1 aliphatic heterocycles. The van der Waals surface area contributed by atoms with E-state index in [0.717, 1.165) is 47.4 Å². The fourth-order valence-corrected chi connectivity index (χ4v) is 3.43. The van der Waals surface area contributed by atoms with E-state index < -0.39 is 0 Å². The standard InChI is InChI=1S/C21H24N4O3/c1-27-18-7-4-15(5-8-18)13-25(14-19-3-2-10-28-19)21(26)23-17-6-9-20-16(11-17)12-22-24-20/h4-9,11-12,19H,2-3,10,13-14H2,1H3,(H,22,24)(H,23,26). The summed E-state index contributed by atoms with van der Waals surface area (Å²) >= 11 is 0. The summed E-state index contributed by atoms with van der Waals surface area (Å²) in [5.74, 6) is 0.798. The number of methoxy groups -OCH3 is 1. The maximum absolute atomic E-state index is 13.0. The van der Waals surface area contributed by atoms with Crippen molar-refractivity contribution in [1.82, 2.24) is 15.1 Å². The van der Waals surface area contributed by atoms with Gasteiger partial charge in [-0.15, -0.1) is 0 Å². The molecule has 2 heterocycles. The molecule has 1 aromatic heterocycles. The van der Waals surface area contributed by atoms with Crippen LogP contribution in [0.4, 0.5) is 10.5 Å². The van der Waals surface area contributed by atoms with Crippen LogP contribution in [0.3, 0.4) is 0 Å². The van der Waals surface area contributed by atoms with Crippen molar-refractivity contribution in [3.63, 3.8) is 0 Å². The van der Waals surface area contributed by atoms with E-state index in [9.17, 15) is 4.79 Å². The minimum atomic E-state index is -0.144. The van der Waals surface area contributed by atoms with Crippen LogP contribution in [-0.4, -0.2) is 47.5 Å². The number of amides is 2. The van der Waals surface area contributed by atoms with Crippen LogP contribution in [-0.2, 0) is 11.3 Å². The fourth-order valence-electron chi connectivity index (χ4n) is 3.43. The second-order valence-corrected chi connectivity index (χ2v) is 6.97. The molecule has 2 amide bonds. The fraction of sp³-hybridized carbons (Fsp3) is 0.333. The lowest BCUT2D eigenvalue weighted by atomic mass is 10.2. The minimum absolute atomic E-state index is 0.0837. The Kier molecular flexibility index (Phi) is 5.43. The van der Waals surface area contributed by atoms with Crippen molar-refractivity contribution in [3.8, 4) is 5.75 Å². The largest absolute Gasteiger partial charge is 0.497 e. The summed E-state index contributed by atoms with van der Waals surface area (Å²) in [4.78, 5) is 14.8. The lowest BCUT2D eigenvalue weighted by molar-refractivity contribution is 0.0819. The maximum atomic E-state index is 13.0. The number of H-pyrrole nitrogens is 1. The number of urea groups is 1. The summed E-state index contributed by atoms with van der Waals surface area (Å²) in [6, 6.07) is 13.3. The maximum Gasteiger partial charge on any atom is 0.322 e. The smallest absolute Gasteiger partial charge is 0.322 e. The van der Waals surface area contributed by atoms with Crippen molar-refractivity contribution >= 4 is 22.6 Å². The van der Waals surface area contributed by atoms with Gasteiger partial charge < -0.3 is 19.7 Å².